The lowest BCUT2D eigenvalue weighted by atomic mass is 10.1. The van der Waals surface area contributed by atoms with Crippen molar-refractivity contribution in [3.05, 3.63) is 28.8 Å². The Morgan fingerprint density at radius 2 is 1.58 bits per heavy atom. The lowest BCUT2D eigenvalue weighted by molar-refractivity contribution is -0.192. The molecule has 0 radical (unpaired) electrons. The van der Waals surface area contributed by atoms with Crippen LogP contribution in [-0.4, -0.2) is 118 Å². The van der Waals surface area contributed by atoms with Gasteiger partial charge in [0.2, 0.25) is 15.9 Å². The molecule has 2 aliphatic rings. The van der Waals surface area contributed by atoms with Crippen LogP contribution in [0.15, 0.2) is 17.0 Å². The molecule has 216 valence electrons. The summed E-state index contributed by atoms with van der Waals surface area (Å²) >= 11 is 0. The van der Waals surface area contributed by atoms with E-state index in [0.717, 1.165) is 49.4 Å². The Labute approximate surface area is 221 Å². The third kappa shape index (κ3) is 9.49. The van der Waals surface area contributed by atoms with Crippen molar-refractivity contribution < 1.29 is 41.0 Å². The minimum absolute atomic E-state index is 0.113. The van der Waals surface area contributed by atoms with Gasteiger partial charge in [-0.25, -0.2) is 13.2 Å². The summed E-state index contributed by atoms with van der Waals surface area (Å²) < 4.78 is 65.8. The van der Waals surface area contributed by atoms with Crippen LogP contribution in [-0.2, 0) is 24.3 Å². The van der Waals surface area contributed by atoms with Crippen LogP contribution in [0, 0.1) is 20.8 Å². The molecule has 1 amide bonds. The zero-order chi connectivity index (χ0) is 28.5. The standard InChI is InChI=1S/C22H36N4O4S.C2HF3O2/c1-18-15-20(3)21(16-19(18)2)31(28,29)26(8-4-7-24-11-13-30-14-12-24)17-22(27)25-9-5-23-6-10-25;3-2(4,5)1(6)7/h15-16,23H,4-14,17H2,1-3H3;(H,6,7). The first kappa shape index (κ1) is 32.0. The molecule has 0 saturated carbocycles. The third-order valence-electron chi connectivity index (χ3n) is 6.42. The number of aliphatic carboxylic acids is 1. The largest absolute Gasteiger partial charge is 0.490 e. The highest BCUT2D eigenvalue weighted by Crippen LogP contribution is 2.24. The molecule has 1 aromatic carbocycles. The maximum absolute atomic E-state index is 13.6. The molecule has 38 heavy (non-hydrogen) atoms. The average Bonchev–Trinajstić information content (AvgIpc) is 2.86. The van der Waals surface area contributed by atoms with Gasteiger partial charge in [0.15, 0.2) is 0 Å². The Kier molecular flexibility index (Phi) is 12.0. The number of hydrogen-bond acceptors (Lipinski definition) is 7. The highest BCUT2D eigenvalue weighted by atomic mass is 32.2. The number of nitrogens with one attached hydrogen (secondary N) is 1. The number of halogens is 3. The number of ether oxygens (including phenoxy) is 1. The monoisotopic (exact) mass is 566 g/mol. The summed E-state index contributed by atoms with van der Waals surface area (Å²) in [5.74, 6) is -2.88. The number of aryl methyl sites for hydroxylation is 3. The molecular weight excluding hydrogens is 529 g/mol. The number of amides is 1. The average molecular weight is 567 g/mol. The zero-order valence-corrected chi connectivity index (χ0v) is 22.8. The van der Waals surface area contributed by atoms with Crippen molar-refractivity contribution in [1.82, 2.24) is 19.4 Å². The molecule has 0 bridgehead atoms. The second kappa shape index (κ2) is 14.2. The number of hydrogen-bond donors (Lipinski definition) is 2. The molecule has 2 aliphatic heterocycles. The zero-order valence-electron chi connectivity index (χ0n) is 22.0. The van der Waals surface area contributed by atoms with Crippen molar-refractivity contribution >= 4 is 21.9 Å². The first-order chi connectivity index (χ1) is 17.7. The predicted octanol–water partition coefficient (Wildman–Crippen LogP) is 1.39. The number of morpholine rings is 1. The van der Waals surface area contributed by atoms with Crippen LogP contribution < -0.4 is 5.32 Å². The van der Waals surface area contributed by atoms with Crippen molar-refractivity contribution in [2.75, 3.05) is 72.1 Å². The quantitative estimate of drug-likeness (QED) is 0.485. The molecule has 2 fully saturated rings. The minimum Gasteiger partial charge on any atom is -0.475 e. The predicted molar refractivity (Wildman–Crippen MR) is 134 cm³/mol. The second-order valence-electron chi connectivity index (χ2n) is 9.28. The van der Waals surface area contributed by atoms with Crippen molar-refractivity contribution in [2.45, 2.75) is 38.3 Å². The number of benzene rings is 1. The van der Waals surface area contributed by atoms with Crippen LogP contribution >= 0.6 is 0 Å². The van der Waals surface area contributed by atoms with E-state index in [2.05, 4.69) is 10.2 Å². The fourth-order valence-electron chi connectivity index (χ4n) is 4.10. The fraction of sp³-hybridized carbons (Fsp3) is 0.667. The third-order valence-corrected chi connectivity index (χ3v) is 8.41. The van der Waals surface area contributed by atoms with Crippen molar-refractivity contribution in [1.29, 1.82) is 0 Å². The number of piperazine rings is 1. The van der Waals surface area contributed by atoms with Crippen LogP contribution in [0.2, 0.25) is 0 Å². The van der Waals surface area contributed by atoms with Crippen molar-refractivity contribution in [3.63, 3.8) is 0 Å². The van der Waals surface area contributed by atoms with Gasteiger partial charge in [0, 0.05) is 45.8 Å². The Morgan fingerprint density at radius 3 is 2.13 bits per heavy atom. The summed E-state index contributed by atoms with van der Waals surface area (Å²) in [5.41, 5.74) is 2.72. The van der Waals surface area contributed by atoms with Crippen LogP contribution in [0.4, 0.5) is 13.2 Å². The molecule has 2 heterocycles. The molecule has 14 heteroatoms. The summed E-state index contributed by atoms with van der Waals surface area (Å²) in [6.07, 6.45) is -4.40. The molecule has 10 nitrogen and oxygen atoms in total. The number of carbonyl (C=O) groups excluding carboxylic acids is 1. The van der Waals surface area contributed by atoms with Gasteiger partial charge in [-0.1, -0.05) is 6.07 Å². The molecule has 2 N–H and O–H groups in total. The Balaban J connectivity index is 0.000000638. The van der Waals surface area contributed by atoms with Crippen molar-refractivity contribution in [2.24, 2.45) is 0 Å². The Morgan fingerprint density at radius 1 is 1.03 bits per heavy atom. The molecule has 1 aromatic rings. The van der Waals surface area contributed by atoms with Gasteiger partial charge < -0.3 is 20.1 Å². The highest BCUT2D eigenvalue weighted by molar-refractivity contribution is 7.89. The van der Waals surface area contributed by atoms with Crippen LogP contribution in [0.25, 0.3) is 0 Å². The molecule has 0 spiro atoms. The maximum atomic E-state index is 13.6. The van der Waals surface area contributed by atoms with E-state index in [0.29, 0.717) is 44.2 Å². The summed E-state index contributed by atoms with van der Waals surface area (Å²) in [6, 6.07) is 3.65. The van der Waals surface area contributed by atoms with E-state index >= 15 is 0 Å². The van der Waals surface area contributed by atoms with Crippen LogP contribution in [0.5, 0.6) is 0 Å². The van der Waals surface area contributed by atoms with E-state index in [-0.39, 0.29) is 12.5 Å². The molecule has 0 aliphatic carbocycles. The molecule has 3 rings (SSSR count). The van der Waals surface area contributed by atoms with Crippen LogP contribution in [0.3, 0.4) is 0 Å². The summed E-state index contributed by atoms with van der Waals surface area (Å²) in [4.78, 5) is 26.2. The Hall–Kier alpha value is -2.26. The topological polar surface area (TPSA) is 119 Å². The van der Waals surface area contributed by atoms with Gasteiger partial charge >= 0.3 is 12.1 Å². The summed E-state index contributed by atoms with van der Waals surface area (Å²) in [6.45, 7) is 12.6. The van der Waals surface area contributed by atoms with Gasteiger partial charge in [-0.05, 0) is 56.5 Å². The number of carboxylic acid groups (broad SMARTS) is 1. The van der Waals surface area contributed by atoms with Crippen molar-refractivity contribution in [3.8, 4) is 0 Å². The molecule has 2 saturated heterocycles. The lowest BCUT2D eigenvalue weighted by Gasteiger charge is -2.31. The number of carboxylic acids is 1. The first-order valence-corrected chi connectivity index (χ1v) is 13.8. The van der Waals surface area contributed by atoms with Gasteiger partial charge in [-0.2, -0.15) is 17.5 Å². The van der Waals surface area contributed by atoms with E-state index in [1.807, 2.05) is 26.8 Å². The Bertz CT molecular complexity index is 1060. The second-order valence-corrected chi connectivity index (χ2v) is 11.2. The van der Waals surface area contributed by atoms with Gasteiger partial charge in [0.05, 0.1) is 24.7 Å². The number of carbonyl (C=O) groups is 2. The lowest BCUT2D eigenvalue weighted by Crippen LogP contribution is -2.50. The van der Waals surface area contributed by atoms with E-state index in [1.54, 1.807) is 11.0 Å². The number of nitrogens with zero attached hydrogens (tertiary/aromatic N) is 3. The summed E-state index contributed by atoms with van der Waals surface area (Å²) in [7, 11) is -3.78. The van der Waals surface area contributed by atoms with Gasteiger partial charge in [0.1, 0.15) is 0 Å². The highest BCUT2D eigenvalue weighted by Gasteiger charge is 2.38. The SMILES string of the molecule is Cc1cc(C)c(S(=O)(=O)N(CCCN2CCOCC2)CC(=O)N2CCNCC2)cc1C.O=C(O)C(F)(F)F. The summed E-state index contributed by atoms with van der Waals surface area (Å²) in [5, 5.41) is 10.4. The molecule has 0 unspecified atom stereocenters. The van der Waals surface area contributed by atoms with Gasteiger partial charge in [-0.15, -0.1) is 0 Å². The fourth-order valence-corrected chi connectivity index (χ4v) is 5.82. The maximum Gasteiger partial charge on any atom is 0.490 e. The smallest absolute Gasteiger partial charge is 0.475 e. The van der Waals surface area contributed by atoms with Gasteiger partial charge in [-0.3, -0.25) is 9.69 Å². The number of alkyl halides is 3. The van der Waals surface area contributed by atoms with Gasteiger partial charge in [0.25, 0.3) is 0 Å². The number of rotatable bonds is 8. The molecule has 0 atom stereocenters. The normalized spacial score (nSPS) is 17.2. The first-order valence-electron chi connectivity index (χ1n) is 12.4. The van der Waals surface area contributed by atoms with Crippen LogP contribution in [0.1, 0.15) is 23.1 Å². The van der Waals surface area contributed by atoms with E-state index in [4.69, 9.17) is 14.6 Å². The molecule has 0 aromatic heterocycles. The molecular formula is C24H37F3N4O6S. The number of sulfonamides is 1. The van der Waals surface area contributed by atoms with E-state index < -0.39 is 22.2 Å². The van der Waals surface area contributed by atoms with E-state index in [1.165, 1.54) is 4.31 Å². The van der Waals surface area contributed by atoms with E-state index in [9.17, 15) is 26.4 Å². The minimum atomic E-state index is -5.08.